The van der Waals surface area contributed by atoms with E-state index in [0.29, 0.717) is 23.6 Å². The third-order valence-corrected chi connectivity index (χ3v) is 4.46. The van der Waals surface area contributed by atoms with E-state index in [2.05, 4.69) is 5.32 Å². The van der Waals surface area contributed by atoms with Crippen molar-refractivity contribution in [2.75, 3.05) is 20.3 Å². The Bertz CT molecular complexity index is 866. The van der Waals surface area contributed by atoms with Crippen LogP contribution in [0.4, 0.5) is 0 Å². The van der Waals surface area contributed by atoms with E-state index in [4.69, 9.17) is 9.47 Å². The molecule has 0 spiro atoms. The molecule has 0 aromatic heterocycles. The van der Waals surface area contributed by atoms with E-state index in [1.54, 1.807) is 42.2 Å². The van der Waals surface area contributed by atoms with Gasteiger partial charge < -0.3 is 19.7 Å². The van der Waals surface area contributed by atoms with Crippen LogP contribution in [0.2, 0.25) is 0 Å². The van der Waals surface area contributed by atoms with E-state index in [0.717, 1.165) is 5.56 Å². The summed E-state index contributed by atoms with van der Waals surface area (Å²) in [6.07, 6.45) is 1.67. The van der Waals surface area contributed by atoms with E-state index < -0.39 is 5.97 Å². The van der Waals surface area contributed by atoms with Crippen LogP contribution >= 0.6 is 0 Å². The molecule has 1 aliphatic heterocycles. The second-order valence-electron chi connectivity index (χ2n) is 7.90. The Morgan fingerprint density at radius 1 is 1.13 bits per heavy atom. The van der Waals surface area contributed by atoms with Crippen LogP contribution in [0.25, 0.3) is 6.08 Å². The van der Waals surface area contributed by atoms with Gasteiger partial charge >= 0.3 is 5.97 Å². The van der Waals surface area contributed by atoms with Crippen molar-refractivity contribution in [2.24, 2.45) is 5.92 Å². The fourth-order valence-electron chi connectivity index (χ4n) is 3.15. The Kier molecular flexibility index (Phi) is 7.80. The molecule has 30 heavy (non-hydrogen) atoms. The first-order valence-electron chi connectivity index (χ1n) is 9.99. The van der Waals surface area contributed by atoms with E-state index in [9.17, 15) is 14.4 Å². The van der Waals surface area contributed by atoms with Gasteiger partial charge in [-0.3, -0.25) is 9.59 Å². The molecule has 0 bridgehead atoms. The number of nitrogens with zero attached hydrogens (tertiary/aromatic N) is 1. The van der Waals surface area contributed by atoms with Gasteiger partial charge in [0.15, 0.2) is 6.61 Å². The minimum absolute atomic E-state index is 0.0508. The number of ether oxygens (including phenoxy) is 2. The van der Waals surface area contributed by atoms with Crippen LogP contribution in [0.1, 0.15) is 40.2 Å². The predicted octanol–water partition coefficient (Wildman–Crippen LogP) is 2.92. The standard InChI is InChI=1S/C23H30N2O5/c1-14(2)12-25-16(5)21(23(28)29-6)19(22(25)27)11-17-7-9-18(10-8-17)30-13-20(26)24-15(3)4/h7-11,14-15H,12-13H2,1-6H3,(H,24,26)/b19-11-. The molecule has 1 aliphatic rings. The molecule has 7 heteroatoms. The lowest BCUT2D eigenvalue weighted by Gasteiger charge is -2.19. The molecule has 0 saturated heterocycles. The fraction of sp³-hybridized carbons (Fsp3) is 0.435. The van der Waals surface area contributed by atoms with Gasteiger partial charge in [0.05, 0.1) is 18.3 Å². The average molecular weight is 415 g/mol. The Morgan fingerprint density at radius 2 is 1.77 bits per heavy atom. The summed E-state index contributed by atoms with van der Waals surface area (Å²) in [6, 6.07) is 7.02. The molecule has 0 aliphatic carbocycles. The molecule has 7 nitrogen and oxygen atoms in total. The zero-order chi connectivity index (χ0) is 22.4. The van der Waals surface area contributed by atoms with Crippen LogP contribution in [-0.2, 0) is 19.1 Å². The summed E-state index contributed by atoms with van der Waals surface area (Å²) in [5, 5.41) is 2.76. The maximum atomic E-state index is 13.0. The van der Waals surface area contributed by atoms with Crippen molar-refractivity contribution < 1.29 is 23.9 Å². The number of benzene rings is 1. The SMILES string of the molecule is COC(=O)C1=C(C)N(CC(C)C)C(=O)/C1=C\c1ccc(OCC(=O)NC(C)C)cc1. The van der Waals surface area contributed by atoms with Crippen molar-refractivity contribution in [3.63, 3.8) is 0 Å². The third-order valence-electron chi connectivity index (χ3n) is 4.46. The minimum atomic E-state index is -0.533. The van der Waals surface area contributed by atoms with Crippen molar-refractivity contribution in [3.05, 3.63) is 46.7 Å². The summed E-state index contributed by atoms with van der Waals surface area (Å²) < 4.78 is 10.4. The number of nitrogens with one attached hydrogen (secondary N) is 1. The Labute approximate surface area is 177 Å². The smallest absolute Gasteiger partial charge is 0.340 e. The van der Waals surface area contributed by atoms with Gasteiger partial charge in [0.2, 0.25) is 0 Å². The van der Waals surface area contributed by atoms with Crippen molar-refractivity contribution in [3.8, 4) is 5.75 Å². The number of carbonyl (C=O) groups excluding carboxylic acids is 3. The van der Waals surface area contributed by atoms with E-state index >= 15 is 0 Å². The summed E-state index contributed by atoms with van der Waals surface area (Å²) in [5.41, 5.74) is 1.93. The highest BCUT2D eigenvalue weighted by molar-refractivity contribution is 6.16. The number of esters is 1. The highest BCUT2D eigenvalue weighted by atomic mass is 16.5. The van der Waals surface area contributed by atoms with Crippen LogP contribution in [0, 0.1) is 5.92 Å². The molecule has 1 heterocycles. The number of hydrogen-bond donors (Lipinski definition) is 1. The summed E-state index contributed by atoms with van der Waals surface area (Å²) in [7, 11) is 1.30. The predicted molar refractivity (Wildman–Crippen MR) is 114 cm³/mol. The van der Waals surface area contributed by atoms with Crippen LogP contribution in [0.15, 0.2) is 41.1 Å². The molecule has 1 N–H and O–H groups in total. The summed E-state index contributed by atoms with van der Waals surface area (Å²) in [4.78, 5) is 38.6. The van der Waals surface area contributed by atoms with E-state index in [1.165, 1.54) is 7.11 Å². The maximum absolute atomic E-state index is 13.0. The van der Waals surface area contributed by atoms with Gasteiger partial charge in [0.1, 0.15) is 5.75 Å². The van der Waals surface area contributed by atoms with Crippen LogP contribution in [0.5, 0.6) is 5.75 Å². The van der Waals surface area contributed by atoms with Crippen molar-refractivity contribution >= 4 is 23.9 Å². The van der Waals surface area contributed by atoms with Crippen molar-refractivity contribution in [2.45, 2.75) is 40.7 Å². The van der Waals surface area contributed by atoms with Gasteiger partial charge in [-0.25, -0.2) is 4.79 Å². The number of carbonyl (C=O) groups is 3. The van der Waals surface area contributed by atoms with E-state index in [1.807, 2.05) is 27.7 Å². The minimum Gasteiger partial charge on any atom is -0.484 e. The lowest BCUT2D eigenvalue weighted by molar-refractivity contribution is -0.136. The molecule has 0 fully saturated rings. The first-order chi connectivity index (χ1) is 14.1. The average Bonchev–Trinajstić information content (AvgIpc) is 2.90. The second-order valence-corrected chi connectivity index (χ2v) is 7.90. The molecule has 2 amide bonds. The lowest BCUT2D eigenvalue weighted by Crippen LogP contribution is -2.34. The summed E-state index contributed by atoms with van der Waals surface area (Å²) >= 11 is 0. The normalized spacial score (nSPS) is 15.4. The number of rotatable bonds is 8. The number of amides is 2. The molecule has 1 aromatic carbocycles. The Morgan fingerprint density at radius 3 is 2.30 bits per heavy atom. The highest BCUT2D eigenvalue weighted by Gasteiger charge is 2.37. The highest BCUT2D eigenvalue weighted by Crippen LogP contribution is 2.32. The van der Waals surface area contributed by atoms with Crippen LogP contribution in [-0.4, -0.2) is 49.0 Å². The largest absolute Gasteiger partial charge is 0.484 e. The lowest BCUT2D eigenvalue weighted by atomic mass is 10.0. The number of hydrogen-bond acceptors (Lipinski definition) is 5. The molecule has 1 aromatic rings. The molecule has 0 radical (unpaired) electrons. The summed E-state index contributed by atoms with van der Waals surface area (Å²) in [6.45, 7) is 9.99. The quantitative estimate of drug-likeness (QED) is 0.522. The third kappa shape index (κ3) is 5.72. The van der Waals surface area contributed by atoms with Crippen molar-refractivity contribution in [1.29, 1.82) is 0 Å². The zero-order valence-corrected chi connectivity index (χ0v) is 18.4. The number of allylic oxidation sites excluding steroid dienone is 1. The Balaban J connectivity index is 2.22. The van der Waals surface area contributed by atoms with Crippen LogP contribution in [0.3, 0.4) is 0 Å². The van der Waals surface area contributed by atoms with Crippen molar-refractivity contribution in [1.82, 2.24) is 10.2 Å². The molecule has 0 saturated carbocycles. The summed E-state index contributed by atoms with van der Waals surface area (Å²) in [5.74, 6) is -0.148. The molecule has 162 valence electrons. The molecular formula is C23H30N2O5. The van der Waals surface area contributed by atoms with Gasteiger partial charge in [-0.2, -0.15) is 0 Å². The van der Waals surface area contributed by atoms with Gasteiger partial charge in [0.25, 0.3) is 11.8 Å². The van der Waals surface area contributed by atoms with E-state index in [-0.39, 0.29) is 36.0 Å². The first-order valence-corrected chi connectivity index (χ1v) is 9.99. The molecular weight excluding hydrogens is 384 g/mol. The topological polar surface area (TPSA) is 84.9 Å². The fourth-order valence-corrected chi connectivity index (χ4v) is 3.15. The monoisotopic (exact) mass is 414 g/mol. The van der Waals surface area contributed by atoms with Gasteiger partial charge in [0, 0.05) is 18.3 Å². The second kappa shape index (κ2) is 10.1. The van der Waals surface area contributed by atoms with Gasteiger partial charge in [-0.1, -0.05) is 26.0 Å². The molecule has 0 atom stereocenters. The Hall–Kier alpha value is -3.09. The van der Waals surface area contributed by atoms with Gasteiger partial charge in [-0.05, 0) is 50.5 Å². The first kappa shape index (κ1) is 23.2. The number of methoxy groups -OCH3 is 1. The molecule has 2 rings (SSSR count). The molecule has 0 unspecified atom stereocenters. The maximum Gasteiger partial charge on any atom is 0.340 e. The van der Waals surface area contributed by atoms with Gasteiger partial charge in [-0.15, -0.1) is 0 Å². The van der Waals surface area contributed by atoms with Crippen LogP contribution < -0.4 is 10.1 Å². The zero-order valence-electron chi connectivity index (χ0n) is 18.4.